The maximum atomic E-state index is 3.46. The molecule has 1 fully saturated rings. The van der Waals surface area contributed by atoms with E-state index in [9.17, 15) is 0 Å². The summed E-state index contributed by atoms with van der Waals surface area (Å²) in [6.07, 6.45) is 2.66. The number of rotatable bonds is 5. The Hall–Kier alpha value is -0.860. The van der Waals surface area contributed by atoms with E-state index in [2.05, 4.69) is 56.1 Å². The first-order chi connectivity index (χ1) is 9.56. The van der Waals surface area contributed by atoms with Gasteiger partial charge in [0.05, 0.1) is 0 Å². The van der Waals surface area contributed by atoms with Crippen LogP contribution in [-0.2, 0) is 6.54 Å². The average molecular weight is 274 g/mol. The van der Waals surface area contributed by atoms with Crippen LogP contribution in [0.4, 0.5) is 0 Å². The van der Waals surface area contributed by atoms with Crippen molar-refractivity contribution < 1.29 is 0 Å². The molecule has 20 heavy (non-hydrogen) atoms. The van der Waals surface area contributed by atoms with Gasteiger partial charge in [-0.2, -0.15) is 0 Å². The molecule has 0 aromatic heterocycles. The molecule has 1 aliphatic heterocycles. The van der Waals surface area contributed by atoms with Crippen molar-refractivity contribution in [2.24, 2.45) is 5.92 Å². The highest BCUT2D eigenvalue weighted by Gasteiger charge is 2.19. The van der Waals surface area contributed by atoms with Crippen molar-refractivity contribution in [3.63, 3.8) is 0 Å². The summed E-state index contributed by atoms with van der Waals surface area (Å²) in [7, 11) is 0. The normalized spacial score (nSPS) is 17.1. The molecule has 0 unspecified atom stereocenters. The lowest BCUT2D eigenvalue weighted by atomic mass is 9.96. The summed E-state index contributed by atoms with van der Waals surface area (Å²) < 4.78 is 0. The zero-order chi connectivity index (χ0) is 14.5. The van der Waals surface area contributed by atoms with Gasteiger partial charge >= 0.3 is 0 Å². The van der Waals surface area contributed by atoms with Gasteiger partial charge in [0.25, 0.3) is 0 Å². The highest BCUT2D eigenvalue weighted by molar-refractivity contribution is 5.30. The Morgan fingerprint density at radius 1 is 1.20 bits per heavy atom. The standard InChI is InChI=1S/C18H30N2/c1-14(2)20(12-17-7-9-19-10-8-17)13-18-11-15(3)5-6-16(18)4/h5-6,11,14,17,19H,7-10,12-13H2,1-4H3. The van der Waals surface area contributed by atoms with E-state index >= 15 is 0 Å². The summed E-state index contributed by atoms with van der Waals surface area (Å²) >= 11 is 0. The van der Waals surface area contributed by atoms with Crippen LogP contribution < -0.4 is 5.32 Å². The Balaban J connectivity index is 2.02. The van der Waals surface area contributed by atoms with Gasteiger partial charge < -0.3 is 5.32 Å². The van der Waals surface area contributed by atoms with Gasteiger partial charge in [0.2, 0.25) is 0 Å². The van der Waals surface area contributed by atoms with Gasteiger partial charge in [-0.15, -0.1) is 0 Å². The molecule has 0 radical (unpaired) electrons. The van der Waals surface area contributed by atoms with Crippen LogP contribution in [0.1, 0.15) is 43.4 Å². The smallest absolute Gasteiger partial charge is 0.0239 e. The number of aryl methyl sites for hydroxylation is 2. The molecule has 1 heterocycles. The number of hydrogen-bond acceptors (Lipinski definition) is 2. The van der Waals surface area contributed by atoms with Crippen molar-refractivity contribution in [2.45, 2.75) is 53.1 Å². The fourth-order valence-electron chi connectivity index (χ4n) is 3.04. The van der Waals surface area contributed by atoms with Crippen LogP contribution in [0.5, 0.6) is 0 Å². The Bertz CT molecular complexity index is 419. The highest BCUT2D eigenvalue weighted by atomic mass is 15.1. The summed E-state index contributed by atoms with van der Waals surface area (Å²) in [6.45, 7) is 13.8. The summed E-state index contributed by atoms with van der Waals surface area (Å²) in [5, 5.41) is 3.46. The van der Waals surface area contributed by atoms with Gasteiger partial charge in [0.15, 0.2) is 0 Å². The van der Waals surface area contributed by atoms with Crippen molar-refractivity contribution in [2.75, 3.05) is 19.6 Å². The molecule has 2 heteroatoms. The number of nitrogens with zero attached hydrogens (tertiary/aromatic N) is 1. The van der Waals surface area contributed by atoms with Crippen molar-refractivity contribution in [3.05, 3.63) is 34.9 Å². The molecule has 2 nitrogen and oxygen atoms in total. The molecule has 0 bridgehead atoms. The molecule has 1 aliphatic rings. The van der Waals surface area contributed by atoms with Crippen LogP contribution in [0.3, 0.4) is 0 Å². The van der Waals surface area contributed by atoms with E-state index in [1.54, 1.807) is 0 Å². The molecule has 0 amide bonds. The predicted molar refractivity (Wildman–Crippen MR) is 87.1 cm³/mol. The Morgan fingerprint density at radius 3 is 2.55 bits per heavy atom. The maximum absolute atomic E-state index is 3.46. The van der Waals surface area contributed by atoms with Crippen molar-refractivity contribution in [1.82, 2.24) is 10.2 Å². The first kappa shape index (κ1) is 15.5. The van der Waals surface area contributed by atoms with Crippen molar-refractivity contribution >= 4 is 0 Å². The lowest BCUT2D eigenvalue weighted by molar-refractivity contribution is 0.161. The number of hydrogen-bond donors (Lipinski definition) is 1. The number of piperidine rings is 1. The molecular weight excluding hydrogens is 244 g/mol. The van der Waals surface area contributed by atoms with Crippen molar-refractivity contribution in [1.29, 1.82) is 0 Å². The second-order valence-corrected chi connectivity index (χ2v) is 6.65. The molecule has 0 aliphatic carbocycles. The maximum Gasteiger partial charge on any atom is 0.0239 e. The van der Waals surface area contributed by atoms with Gasteiger partial charge in [0, 0.05) is 19.1 Å². The zero-order valence-electron chi connectivity index (χ0n) is 13.6. The molecule has 1 aromatic rings. The highest BCUT2D eigenvalue weighted by Crippen LogP contribution is 2.19. The molecule has 112 valence electrons. The van der Waals surface area contributed by atoms with E-state index in [-0.39, 0.29) is 0 Å². The quantitative estimate of drug-likeness (QED) is 0.884. The third kappa shape index (κ3) is 4.32. The lowest BCUT2D eigenvalue weighted by Crippen LogP contribution is -2.39. The van der Waals surface area contributed by atoms with Crippen LogP contribution in [0.25, 0.3) is 0 Å². The number of nitrogens with one attached hydrogen (secondary N) is 1. The molecule has 2 rings (SSSR count). The number of benzene rings is 1. The zero-order valence-corrected chi connectivity index (χ0v) is 13.6. The lowest BCUT2D eigenvalue weighted by Gasteiger charge is -2.33. The second-order valence-electron chi connectivity index (χ2n) is 6.65. The molecule has 1 aromatic carbocycles. The monoisotopic (exact) mass is 274 g/mol. The van der Waals surface area contributed by atoms with Crippen LogP contribution >= 0.6 is 0 Å². The molecule has 1 N–H and O–H groups in total. The van der Waals surface area contributed by atoms with Crippen LogP contribution in [0, 0.1) is 19.8 Å². The van der Waals surface area contributed by atoms with Gasteiger partial charge in [0.1, 0.15) is 0 Å². The minimum Gasteiger partial charge on any atom is -0.317 e. The largest absolute Gasteiger partial charge is 0.317 e. The fraction of sp³-hybridized carbons (Fsp3) is 0.667. The van der Waals surface area contributed by atoms with Crippen LogP contribution in [0.2, 0.25) is 0 Å². The second kappa shape index (κ2) is 7.24. The molecule has 0 spiro atoms. The molecular formula is C18H30N2. The summed E-state index contributed by atoms with van der Waals surface area (Å²) in [6, 6.07) is 7.44. The van der Waals surface area contributed by atoms with E-state index < -0.39 is 0 Å². The molecule has 0 saturated carbocycles. The van der Waals surface area contributed by atoms with Gasteiger partial charge in [-0.1, -0.05) is 23.8 Å². The third-order valence-electron chi connectivity index (χ3n) is 4.56. The minimum atomic E-state index is 0.616. The Morgan fingerprint density at radius 2 is 1.90 bits per heavy atom. The topological polar surface area (TPSA) is 15.3 Å². The average Bonchev–Trinajstić information content (AvgIpc) is 2.43. The Labute approximate surface area is 124 Å². The molecule has 1 saturated heterocycles. The van der Waals surface area contributed by atoms with Gasteiger partial charge in [-0.05, 0) is 70.7 Å². The SMILES string of the molecule is Cc1ccc(C)c(CN(CC2CCNCC2)C(C)C)c1. The summed E-state index contributed by atoms with van der Waals surface area (Å²) in [4.78, 5) is 2.65. The minimum absolute atomic E-state index is 0.616. The van der Waals surface area contributed by atoms with E-state index in [0.717, 1.165) is 12.5 Å². The van der Waals surface area contributed by atoms with E-state index in [4.69, 9.17) is 0 Å². The van der Waals surface area contributed by atoms with Gasteiger partial charge in [-0.25, -0.2) is 0 Å². The van der Waals surface area contributed by atoms with E-state index in [1.807, 2.05) is 0 Å². The Kier molecular flexibility index (Phi) is 5.62. The van der Waals surface area contributed by atoms with Crippen LogP contribution in [0.15, 0.2) is 18.2 Å². The predicted octanol–water partition coefficient (Wildman–Crippen LogP) is 3.51. The van der Waals surface area contributed by atoms with Crippen molar-refractivity contribution in [3.8, 4) is 0 Å². The molecule has 0 atom stereocenters. The third-order valence-corrected chi connectivity index (χ3v) is 4.56. The first-order valence-corrected chi connectivity index (χ1v) is 8.07. The van der Waals surface area contributed by atoms with E-state index in [1.165, 1.54) is 49.2 Å². The fourth-order valence-corrected chi connectivity index (χ4v) is 3.04. The summed E-state index contributed by atoms with van der Waals surface area (Å²) in [5.74, 6) is 0.865. The van der Waals surface area contributed by atoms with E-state index in [0.29, 0.717) is 6.04 Å². The van der Waals surface area contributed by atoms with Crippen LogP contribution in [-0.4, -0.2) is 30.6 Å². The summed E-state index contributed by atoms with van der Waals surface area (Å²) in [5.41, 5.74) is 4.29. The van der Waals surface area contributed by atoms with Gasteiger partial charge in [-0.3, -0.25) is 4.90 Å². The first-order valence-electron chi connectivity index (χ1n) is 8.07.